The Bertz CT molecular complexity index is 482. The fraction of sp³-hybridized carbons (Fsp3) is 0.500. The van der Waals surface area contributed by atoms with Crippen molar-refractivity contribution < 1.29 is 9.90 Å². The van der Waals surface area contributed by atoms with Crippen molar-refractivity contribution in [2.24, 2.45) is 11.8 Å². The van der Waals surface area contributed by atoms with Crippen LogP contribution in [-0.2, 0) is 0 Å². The minimum atomic E-state index is -0.0720. The summed E-state index contributed by atoms with van der Waals surface area (Å²) >= 11 is 5.88. The highest BCUT2D eigenvalue weighted by Crippen LogP contribution is 2.55. The molecule has 0 aliphatic heterocycles. The minimum absolute atomic E-state index is 0.0606. The van der Waals surface area contributed by atoms with Gasteiger partial charge in [0.15, 0.2) is 0 Å². The number of halogens is 1. The van der Waals surface area contributed by atoms with E-state index in [1.54, 1.807) is 24.3 Å². The highest BCUT2D eigenvalue weighted by Gasteiger charge is 2.56. The van der Waals surface area contributed by atoms with Crippen LogP contribution >= 0.6 is 11.6 Å². The molecule has 0 spiro atoms. The van der Waals surface area contributed by atoms with E-state index in [2.05, 4.69) is 5.32 Å². The largest absolute Gasteiger partial charge is 0.396 e. The third kappa shape index (κ3) is 1.91. The van der Waals surface area contributed by atoms with E-state index in [4.69, 9.17) is 11.6 Å². The molecule has 3 fully saturated rings. The first-order chi connectivity index (χ1) is 8.62. The van der Waals surface area contributed by atoms with Gasteiger partial charge in [0.1, 0.15) is 0 Å². The van der Waals surface area contributed by atoms with Crippen LogP contribution in [0.15, 0.2) is 24.3 Å². The molecular weight excluding hydrogens is 250 g/mol. The third-order valence-electron chi connectivity index (χ3n) is 4.33. The number of nitrogens with one attached hydrogen (secondary N) is 1. The second-order valence-electron chi connectivity index (χ2n) is 5.56. The lowest BCUT2D eigenvalue weighted by Crippen LogP contribution is -2.51. The van der Waals surface area contributed by atoms with E-state index in [0.717, 1.165) is 19.3 Å². The summed E-state index contributed by atoms with van der Waals surface area (Å²) in [5, 5.41) is 12.9. The third-order valence-corrected chi connectivity index (χ3v) is 4.56. The van der Waals surface area contributed by atoms with Gasteiger partial charge in [-0.2, -0.15) is 0 Å². The van der Waals surface area contributed by atoms with Gasteiger partial charge in [0.05, 0.1) is 0 Å². The number of hydrogen-bond acceptors (Lipinski definition) is 2. The van der Waals surface area contributed by atoms with Gasteiger partial charge in [-0.1, -0.05) is 17.7 Å². The lowest BCUT2D eigenvalue weighted by atomic mass is 9.76. The van der Waals surface area contributed by atoms with Crippen molar-refractivity contribution in [3.63, 3.8) is 0 Å². The normalized spacial score (nSPS) is 33.0. The summed E-state index contributed by atoms with van der Waals surface area (Å²) in [4.78, 5) is 12.1. The highest BCUT2D eigenvalue weighted by molar-refractivity contribution is 6.30. The van der Waals surface area contributed by atoms with Gasteiger partial charge in [0, 0.05) is 22.7 Å². The Morgan fingerprint density at radius 1 is 1.44 bits per heavy atom. The SMILES string of the molecule is O=C(NC12CC(CO)C(C1)C2)c1cccc(Cl)c1. The molecule has 3 aliphatic carbocycles. The average molecular weight is 266 g/mol. The van der Waals surface area contributed by atoms with E-state index in [9.17, 15) is 9.90 Å². The number of amides is 1. The minimum Gasteiger partial charge on any atom is -0.396 e. The first kappa shape index (κ1) is 12.0. The molecule has 0 heterocycles. The molecule has 3 saturated carbocycles. The van der Waals surface area contributed by atoms with E-state index in [1.807, 2.05) is 0 Å². The van der Waals surface area contributed by atoms with Gasteiger partial charge in [-0.3, -0.25) is 4.79 Å². The molecule has 2 bridgehead atoms. The lowest BCUT2D eigenvalue weighted by Gasteiger charge is -2.39. The van der Waals surface area contributed by atoms with Crippen LogP contribution in [-0.4, -0.2) is 23.2 Å². The van der Waals surface area contributed by atoms with E-state index < -0.39 is 0 Å². The molecule has 1 amide bonds. The quantitative estimate of drug-likeness (QED) is 0.881. The zero-order valence-electron chi connectivity index (χ0n) is 10.0. The molecule has 4 heteroatoms. The van der Waals surface area contributed by atoms with Crippen molar-refractivity contribution in [3.05, 3.63) is 34.9 Å². The predicted octanol–water partition coefficient (Wildman–Crippen LogP) is 2.23. The zero-order valence-corrected chi connectivity index (χ0v) is 10.8. The van der Waals surface area contributed by atoms with Gasteiger partial charge < -0.3 is 10.4 Å². The molecule has 1 aromatic rings. The number of hydrogen-bond donors (Lipinski definition) is 2. The Morgan fingerprint density at radius 2 is 2.22 bits per heavy atom. The van der Waals surface area contributed by atoms with Crippen molar-refractivity contribution in [3.8, 4) is 0 Å². The molecule has 3 aliphatic rings. The van der Waals surface area contributed by atoms with E-state index in [-0.39, 0.29) is 18.1 Å². The van der Waals surface area contributed by atoms with Gasteiger partial charge in [-0.25, -0.2) is 0 Å². The van der Waals surface area contributed by atoms with Crippen molar-refractivity contribution in [2.75, 3.05) is 6.61 Å². The molecule has 3 nitrogen and oxygen atoms in total. The molecule has 2 N–H and O–H groups in total. The fourth-order valence-electron chi connectivity index (χ4n) is 3.42. The van der Waals surface area contributed by atoms with Crippen LogP contribution in [0.3, 0.4) is 0 Å². The molecule has 0 saturated heterocycles. The Labute approximate surface area is 111 Å². The number of rotatable bonds is 3. The summed E-state index contributed by atoms with van der Waals surface area (Å²) in [6, 6.07) is 6.99. The van der Waals surface area contributed by atoms with Gasteiger partial charge in [-0.05, 0) is 49.3 Å². The number of aliphatic hydroxyl groups is 1. The van der Waals surface area contributed by atoms with Gasteiger partial charge in [-0.15, -0.1) is 0 Å². The summed E-state index contributed by atoms with van der Waals surface area (Å²) in [6.07, 6.45) is 2.91. The first-order valence-electron chi connectivity index (χ1n) is 6.31. The average Bonchev–Trinajstić information content (AvgIpc) is 2.83. The van der Waals surface area contributed by atoms with Gasteiger partial charge in [0.25, 0.3) is 5.91 Å². The Morgan fingerprint density at radius 3 is 2.83 bits per heavy atom. The molecular formula is C14H16ClNO2. The molecule has 1 atom stereocenters. The molecule has 96 valence electrons. The number of benzene rings is 1. The first-order valence-corrected chi connectivity index (χ1v) is 6.69. The van der Waals surface area contributed by atoms with Crippen molar-refractivity contribution >= 4 is 17.5 Å². The molecule has 4 rings (SSSR count). The second kappa shape index (κ2) is 4.25. The molecule has 1 aromatic carbocycles. The van der Waals surface area contributed by atoms with Crippen LogP contribution in [0.25, 0.3) is 0 Å². The summed E-state index contributed by atoms with van der Waals surface area (Å²) in [5.74, 6) is 0.897. The van der Waals surface area contributed by atoms with Crippen LogP contribution in [0.1, 0.15) is 29.6 Å². The predicted molar refractivity (Wildman–Crippen MR) is 69.6 cm³/mol. The van der Waals surface area contributed by atoms with E-state index in [0.29, 0.717) is 22.4 Å². The molecule has 18 heavy (non-hydrogen) atoms. The maximum atomic E-state index is 12.1. The molecule has 1 unspecified atom stereocenters. The van der Waals surface area contributed by atoms with Crippen LogP contribution in [0.2, 0.25) is 5.02 Å². The van der Waals surface area contributed by atoms with Crippen molar-refractivity contribution in [2.45, 2.75) is 24.8 Å². The summed E-state index contributed by atoms with van der Waals surface area (Å²) in [5.41, 5.74) is 0.532. The van der Waals surface area contributed by atoms with E-state index >= 15 is 0 Å². The number of carbonyl (C=O) groups excluding carboxylic acids is 1. The van der Waals surface area contributed by atoms with Crippen LogP contribution < -0.4 is 5.32 Å². The number of carbonyl (C=O) groups is 1. The monoisotopic (exact) mass is 265 g/mol. The standard InChI is InChI=1S/C14H16ClNO2/c15-12-3-1-2-9(4-12)13(18)16-14-5-10(6-14)11(7-14)8-17/h1-4,10-11,17H,5-8H2,(H,16,18). The number of fused-ring (bicyclic) bond motifs is 1. The Balaban J connectivity index is 1.69. The lowest BCUT2D eigenvalue weighted by molar-refractivity contribution is 0.0834. The van der Waals surface area contributed by atoms with Crippen LogP contribution in [0, 0.1) is 11.8 Å². The summed E-state index contributed by atoms with van der Waals surface area (Å²) < 4.78 is 0. The van der Waals surface area contributed by atoms with Gasteiger partial charge in [0.2, 0.25) is 0 Å². The molecule has 0 radical (unpaired) electrons. The number of aliphatic hydroxyl groups excluding tert-OH is 1. The van der Waals surface area contributed by atoms with Crippen molar-refractivity contribution in [1.29, 1.82) is 0 Å². The summed E-state index contributed by atoms with van der Waals surface area (Å²) in [6.45, 7) is 0.236. The second-order valence-corrected chi connectivity index (χ2v) is 6.00. The summed E-state index contributed by atoms with van der Waals surface area (Å²) in [7, 11) is 0. The smallest absolute Gasteiger partial charge is 0.251 e. The van der Waals surface area contributed by atoms with Crippen molar-refractivity contribution in [1.82, 2.24) is 5.32 Å². The Hall–Kier alpha value is -1.06. The maximum Gasteiger partial charge on any atom is 0.251 e. The van der Waals surface area contributed by atoms with Crippen LogP contribution in [0.5, 0.6) is 0 Å². The zero-order chi connectivity index (χ0) is 12.8. The highest BCUT2D eigenvalue weighted by atomic mass is 35.5. The topological polar surface area (TPSA) is 49.3 Å². The molecule has 0 aromatic heterocycles. The fourth-order valence-corrected chi connectivity index (χ4v) is 3.61. The van der Waals surface area contributed by atoms with E-state index in [1.165, 1.54) is 0 Å². The maximum absolute atomic E-state index is 12.1. The Kier molecular flexibility index (Phi) is 2.83. The van der Waals surface area contributed by atoms with Crippen LogP contribution in [0.4, 0.5) is 0 Å². The van der Waals surface area contributed by atoms with Gasteiger partial charge >= 0.3 is 0 Å².